The Labute approximate surface area is 209 Å². The standard InChI is InChI=1S/C26H37N3O5S/c1-7-15-27-26(31)22(8-2)28(17-21-12-10-9-11-20(21)4)25(30)18-29(35(6,32)33)23-16-19(3)13-14-24(23)34-5/h9-14,16,22H,7-8,15,17-18H2,1-6H3,(H,27,31). The Morgan fingerprint density at radius 1 is 1.09 bits per heavy atom. The molecule has 0 aliphatic heterocycles. The molecule has 9 heteroatoms. The smallest absolute Gasteiger partial charge is 0.244 e. The van der Waals surface area contributed by atoms with Crippen molar-refractivity contribution in [1.29, 1.82) is 0 Å². The summed E-state index contributed by atoms with van der Waals surface area (Å²) in [5.74, 6) is -0.386. The fourth-order valence-electron chi connectivity index (χ4n) is 3.85. The van der Waals surface area contributed by atoms with E-state index in [1.54, 1.807) is 18.2 Å². The van der Waals surface area contributed by atoms with Crippen LogP contribution in [-0.2, 0) is 26.2 Å². The molecule has 0 saturated heterocycles. The van der Waals surface area contributed by atoms with Crippen molar-refractivity contribution in [2.24, 2.45) is 0 Å². The van der Waals surface area contributed by atoms with Gasteiger partial charge in [0.2, 0.25) is 21.8 Å². The van der Waals surface area contributed by atoms with Gasteiger partial charge >= 0.3 is 0 Å². The highest BCUT2D eigenvalue weighted by Crippen LogP contribution is 2.31. The van der Waals surface area contributed by atoms with Crippen LogP contribution in [0.3, 0.4) is 0 Å². The number of amides is 2. The highest BCUT2D eigenvalue weighted by molar-refractivity contribution is 7.92. The summed E-state index contributed by atoms with van der Waals surface area (Å²) in [6.07, 6.45) is 2.21. The monoisotopic (exact) mass is 503 g/mol. The summed E-state index contributed by atoms with van der Waals surface area (Å²) < 4.78 is 32.1. The van der Waals surface area contributed by atoms with E-state index in [0.717, 1.165) is 33.7 Å². The summed E-state index contributed by atoms with van der Waals surface area (Å²) >= 11 is 0. The first kappa shape index (κ1) is 28.2. The Balaban J connectivity index is 2.51. The van der Waals surface area contributed by atoms with E-state index in [2.05, 4.69) is 5.32 Å². The predicted octanol–water partition coefficient (Wildman–Crippen LogP) is 3.41. The second kappa shape index (κ2) is 12.6. The van der Waals surface area contributed by atoms with Crippen molar-refractivity contribution in [1.82, 2.24) is 10.2 Å². The van der Waals surface area contributed by atoms with Crippen LogP contribution in [0.4, 0.5) is 5.69 Å². The van der Waals surface area contributed by atoms with Crippen LogP contribution in [-0.4, -0.2) is 57.6 Å². The van der Waals surface area contributed by atoms with Crippen molar-refractivity contribution in [3.8, 4) is 5.75 Å². The highest BCUT2D eigenvalue weighted by Gasteiger charge is 2.32. The lowest BCUT2D eigenvalue weighted by Crippen LogP contribution is -2.52. The molecule has 8 nitrogen and oxygen atoms in total. The van der Waals surface area contributed by atoms with Crippen molar-refractivity contribution in [3.05, 3.63) is 59.2 Å². The molecule has 0 aromatic heterocycles. The number of hydrogen-bond donors (Lipinski definition) is 1. The molecule has 0 bridgehead atoms. The normalized spacial score (nSPS) is 12.1. The number of carbonyl (C=O) groups excluding carboxylic acids is 2. The van der Waals surface area contributed by atoms with Crippen LogP contribution in [0.25, 0.3) is 0 Å². The number of ether oxygens (including phenoxy) is 1. The van der Waals surface area contributed by atoms with Crippen molar-refractivity contribution in [2.75, 3.05) is 30.8 Å². The average molecular weight is 504 g/mol. The molecule has 2 aromatic rings. The number of nitrogens with one attached hydrogen (secondary N) is 1. The first-order valence-electron chi connectivity index (χ1n) is 11.8. The molecule has 1 unspecified atom stereocenters. The molecular formula is C26H37N3O5S. The molecular weight excluding hydrogens is 466 g/mol. The van der Waals surface area contributed by atoms with E-state index in [1.807, 2.05) is 52.0 Å². The van der Waals surface area contributed by atoms with Crippen molar-refractivity contribution in [3.63, 3.8) is 0 Å². The van der Waals surface area contributed by atoms with Gasteiger partial charge in [-0.3, -0.25) is 13.9 Å². The summed E-state index contributed by atoms with van der Waals surface area (Å²) in [4.78, 5) is 28.2. The third-order valence-electron chi connectivity index (χ3n) is 5.82. The lowest BCUT2D eigenvalue weighted by atomic mass is 10.1. The van der Waals surface area contributed by atoms with Crippen molar-refractivity contribution >= 4 is 27.5 Å². The zero-order valence-electron chi connectivity index (χ0n) is 21.5. The van der Waals surface area contributed by atoms with Gasteiger partial charge in [-0.2, -0.15) is 0 Å². The maximum absolute atomic E-state index is 13.8. The number of aryl methyl sites for hydroxylation is 2. The van der Waals surface area contributed by atoms with E-state index in [9.17, 15) is 18.0 Å². The third kappa shape index (κ3) is 7.45. The van der Waals surface area contributed by atoms with E-state index in [0.29, 0.717) is 18.7 Å². The minimum atomic E-state index is -3.84. The van der Waals surface area contributed by atoms with Crippen LogP contribution in [0.2, 0.25) is 0 Å². The first-order valence-corrected chi connectivity index (χ1v) is 13.6. The van der Waals surface area contributed by atoms with Crippen LogP contribution < -0.4 is 14.4 Å². The summed E-state index contributed by atoms with van der Waals surface area (Å²) in [7, 11) is -2.39. The van der Waals surface area contributed by atoms with Gasteiger partial charge < -0.3 is 15.0 Å². The van der Waals surface area contributed by atoms with Crippen molar-refractivity contribution < 1.29 is 22.7 Å². The van der Waals surface area contributed by atoms with Crippen molar-refractivity contribution in [2.45, 2.75) is 53.1 Å². The number of nitrogens with zero attached hydrogens (tertiary/aromatic N) is 2. The average Bonchev–Trinajstić information content (AvgIpc) is 2.81. The molecule has 1 N–H and O–H groups in total. The van der Waals surface area contributed by atoms with Crippen LogP contribution in [0.1, 0.15) is 43.4 Å². The minimum absolute atomic E-state index is 0.187. The molecule has 192 valence electrons. The van der Waals surface area contributed by atoms with Crippen LogP contribution in [0.5, 0.6) is 5.75 Å². The molecule has 0 heterocycles. The molecule has 0 aliphatic rings. The molecule has 2 amide bonds. The molecule has 0 radical (unpaired) electrons. The molecule has 0 fully saturated rings. The van der Waals surface area contributed by atoms with Crippen LogP contribution >= 0.6 is 0 Å². The number of methoxy groups -OCH3 is 1. The number of benzene rings is 2. The fourth-order valence-corrected chi connectivity index (χ4v) is 4.69. The highest BCUT2D eigenvalue weighted by atomic mass is 32.2. The summed E-state index contributed by atoms with van der Waals surface area (Å²) in [5, 5.41) is 2.88. The van der Waals surface area contributed by atoms with E-state index in [-0.39, 0.29) is 18.1 Å². The molecule has 0 spiro atoms. The summed E-state index contributed by atoms with van der Waals surface area (Å²) in [6.45, 7) is 7.80. The third-order valence-corrected chi connectivity index (χ3v) is 6.95. The van der Waals surface area contributed by atoms with Gasteiger partial charge in [-0.1, -0.05) is 44.2 Å². The van der Waals surface area contributed by atoms with Gasteiger partial charge in [0.15, 0.2) is 0 Å². The Morgan fingerprint density at radius 2 is 1.77 bits per heavy atom. The van der Waals surface area contributed by atoms with Gasteiger partial charge in [-0.15, -0.1) is 0 Å². The molecule has 1 atom stereocenters. The van der Waals surface area contributed by atoms with Gasteiger partial charge in [-0.05, 0) is 55.5 Å². The molecule has 0 aliphatic carbocycles. The topological polar surface area (TPSA) is 96.0 Å². The maximum atomic E-state index is 13.8. The summed E-state index contributed by atoms with van der Waals surface area (Å²) in [5.41, 5.74) is 2.97. The largest absolute Gasteiger partial charge is 0.495 e. The van der Waals surface area contributed by atoms with Gasteiger partial charge in [-0.25, -0.2) is 8.42 Å². The quantitative estimate of drug-likeness (QED) is 0.479. The molecule has 2 aromatic carbocycles. The van der Waals surface area contributed by atoms with Crippen LogP contribution in [0.15, 0.2) is 42.5 Å². The van der Waals surface area contributed by atoms with E-state index >= 15 is 0 Å². The van der Waals surface area contributed by atoms with Crippen LogP contribution in [0, 0.1) is 13.8 Å². The lowest BCUT2D eigenvalue weighted by Gasteiger charge is -2.33. The molecule has 2 rings (SSSR count). The zero-order valence-corrected chi connectivity index (χ0v) is 22.3. The van der Waals surface area contributed by atoms with E-state index < -0.39 is 28.5 Å². The first-order chi connectivity index (χ1) is 16.5. The molecule has 35 heavy (non-hydrogen) atoms. The number of carbonyl (C=O) groups is 2. The fraction of sp³-hybridized carbons (Fsp3) is 0.462. The predicted molar refractivity (Wildman–Crippen MR) is 139 cm³/mol. The van der Waals surface area contributed by atoms with Gasteiger partial charge in [0.05, 0.1) is 19.1 Å². The van der Waals surface area contributed by atoms with Gasteiger partial charge in [0.1, 0.15) is 18.3 Å². The lowest BCUT2D eigenvalue weighted by molar-refractivity contribution is -0.140. The number of hydrogen-bond acceptors (Lipinski definition) is 5. The second-order valence-corrected chi connectivity index (χ2v) is 10.5. The maximum Gasteiger partial charge on any atom is 0.244 e. The second-order valence-electron chi connectivity index (χ2n) is 8.61. The minimum Gasteiger partial charge on any atom is -0.495 e. The summed E-state index contributed by atoms with van der Waals surface area (Å²) in [6, 6.07) is 12.0. The SMILES string of the molecule is CCCNC(=O)C(CC)N(Cc1ccccc1C)C(=O)CN(c1cc(C)ccc1OC)S(C)(=O)=O. The van der Waals surface area contributed by atoms with E-state index in [1.165, 1.54) is 12.0 Å². The zero-order chi connectivity index (χ0) is 26.2. The Hall–Kier alpha value is -3.07. The number of anilines is 1. The van der Waals surface area contributed by atoms with E-state index in [4.69, 9.17) is 4.74 Å². The number of sulfonamides is 1. The van der Waals surface area contributed by atoms with Gasteiger partial charge in [0, 0.05) is 13.1 Å². The number of rotatable bonds is 12. The van der Waals surface area contributed by atoms with Gasteiger partial charge in [0.25, 0.3) is 0 Å². The molecule has 0 saturated carbocycles. The Kier molecular flexibility index (Phi) is 10.1. The Morgan fingerprint density at radius 3 is 2.34 bits per heavy atom. The Bertz CT molecular complexity index is 1130.